The van der Waals surface area contributed by atoms with Gasteiger partial charge in [-0.05, 0) is 13.6 Å². The van der Waals surface area contributed by atoms with Crippen LogP contribution < -0.4 is 10.6 Å². The quantitative estimate of drug-likeness (QED) is 0.599. The number of nitrogens with one attached hydrogen (secondary N) is 2. The first-order valence-electron chi connectivity index (χ1n) is 6.00. The molecule has 1 aliphatic rings. The summed E-state index contributed by atoms with van der Waals surface area (Å²) in [5.74, 6) is 0.0952. The maximum atomic E-state index is 11.4. The Morgan fingerprint density at radius 1 is 1.56 bits per heavy atom. The maximum absolute atomic E-state index is 11.4. The average molecular weight is 229 g/mol. The lowest BCUT2D eigenvalue weighted by Gasteiger charge is -2.30. The number of carbonyl (C=O) groups is 1. The SMILES string of the molecule is CCNCCC(=O)NCC1CN(C)CCO1. The van der Waals surface area contributed by atoms with E-state index in [0.717, 1.165) is 32.8 Å². The molecule has 0 radical (unpaired) electrons. The Morgan fingerprint density at radius 3 is 3.06 bits per heavy atom. The highest BCUT2D eigenvalue weighted by Crippen LogP contribution is 2.01. The molecule has 16 heavy (non-hydrogen) atoms. The van der Waals surface area contributed by atoms with Crippen LogP contribution in [0.3, 0.4) is 0 Å². The molecular formula is C11H23N3O2. The van der Waals surface area contributed by atoms with Gasteiger partial charge >= 0.3 is 0 Å². The molecule has 1 aliphatic heterocycles. The fraction of sp³-hybridized carbons (Fsp3) is 0.909. The second-order valence-electron chi connectivity index (χ2n) is 4.16. The lowest BCUT2D eigenvalue weighted by molar-refractivity contribution is -0.122. The number of hydrogen-bond donors (Lipinski definition) is 2. The van der Waals surface area contributed by atoms with Crippen molar-refractivity contribution in [3.8, 4) is 0 Å². The van der Waals surface area contributed by atoms with Crippen LogP contribution in [0.5, 0.6) is 0 Å². The Labute approximate surface area is 97.5 Å². The largest absolute Gasteiger partial charge is 0.374 e. The minimum absolute atomic E-state index is 0.0952. The van der Waals surface area contributed by atoms with E-state index in [1.807, 2.05) is 6.92 Å². The number of rotatable bonds is 6. The summed E-state index contributed by atoms with van der Waals surface area (Å²) in [6.45, 7) is 6.93. The summed E-state index contributed by atoms with van der Waals surface area (Å²) in [6, 6.07) is 0. The Kier molecular flexibility index (Phi) is 6.37. The maximum Gasteiger partial charge on any atom is 0.221 e. The highest BCUT2D eigenvalue weighted by Gasteiger charge is 2.17. The van der Waals surface area contributed by atoms with Crippen LogP contribution in [0.1, 0.15) is 13.3 Å². The van der Waals surface area contributed by atoms with Gasteiger partial charge in [0.15, 0.2) is 0 Å². The molecule has 0 aromatic heterocycles. The summed E-state index contributed by atoms with van der Waals surface area (Å²) in [6.07, 6.45) is 0.679. The van der Waals surface area contributed by atoms with Gasteiger partial charge in [0.25, 0.3) is 0 Å². The molecular weight excluding hydrogens is 206 g/mol. The summed E-state index contributed by atoms with van der Waals surface area (Å²) < 4.78 is 5.55. The van der Waals surface area contributed by atoms with Crippen LogP contribution in [0.25, 0.3) is 0 Å². The molecule has 1 heterocycles. The second kappa shape index (κ2) is 7.60. The minimum Gasteiger partial charge on any atom is -0.374 e. The van der Waals surface area contributed by atoms with Crippen LogP contribution in [0.15, 0.2) is 0 Å². The molecule has 1 fully saturated rings. The van der Waals surface area contributed by atoms with Gasteiger partial charge in [0.05, 0.1) is 12.7 Å². The van der Waals surface area contributed by atoms with Crippen LogP contribution in [-0.2, 0) is 9.53 Å². The zero-order valence-corrected chi connectivity index (χ0v) is 10.3. The number of amides is 1. The van der Waals surface area contributed by atoms with E-state index in [1.165, 1.54) is 0 Å². The third-order valence-corrected chi connectivity index (χ3v) is 2.65. The first kappa shape index (κ1) is 13.4. The average Bonchev–Trinajstić information content (AvgIpc) is 2.27. The van der Waals surface area contributed by atoms with Crippen molar-refractivity contribution < 1.29 is 9.53 Å². The molecule has 1 unspecified atom stereocenters. The topological polar surface area (TPSA) is 53.6 Å². The van der Waals surface area contributed by atoms with Crippen LogP contribution in [0.4, 0.5) is 0 Å². The Bertz CT molecular complexity index is 211. The van der Waals surface area contributed by atoms with Crippen molar-refractivity contribution >= 4 is 5.91 Å². The Morgan fingerprint density at radius 2 is 2.38 bits per heavy atom. The van der Waals surface area contributed by atoms with E-state index in [2.05, 4.69) is 22.6 Å². The lowest BCUT2D eigenvalue weighted by Crippen LogP contribution is -2.46. The summed E-state index contributed by atoms with van der Waals surface area (Å²) in [7, 11) is 2.07. The molecule has 5 heteroatoms. The molecule has 0 aromatic rings. The van der Waals surface area contributed by atoms with Gasteiger partial charge in [0.1, 0.15) is 0 Å². The van der Waals surface area contributed by atoms with Crippen molar-refractivity contribution in [1.29, 1.82) is 0 Å². The van der Waals surface area contributed by atoms with Gasteiger partial charge in [0.2, 0.25) is 5.91 Å². The van der Waals surface area contributed by atoms with Crippen LogP contribution in [0, 0.1) is 0 Å². The molecule has 5 nitrogen and oxygen atoms in total. The van der Waals surface area contributed by atoms with Gasteiger partial charge in [-0.1, -0.05) is 6.92 Å². The third-order valence-electron chi connectivity index (χ3n) is 2.65. The van der Waals surface area contributed by atoms with E-state index in [0.29, 0.717) is 13.0 Å². The molecule has 0 saturated carbocycles. The number of carbonyl (C=O) groups excluding carboxylic acids is 1. The molecule has 0 aliphatic carbocycles. The molecule has 1 saturated heterocycles. The molecule has 0 bridgehead atoms. The first-order valence-corrected chi connectivity index (χ1v) is 6.00. The normalized spacial score (nSPS) is 22.0. The van der Waals surface area contributed by atoms with Crippen molar-refractivity contribution in [2.45, 2.75) is 19.4 Å². The van der Waals surface area contributed by atoms with Crippen molar-refractivity contribution in [1.82, 2.24) is 15.5 Å². The van der Waals surface area contributed by atoms with Crippen LogP contribution in [-0.4, -0.2) is 63.3 Å². The molecule has 2 N–H and O–H groups in total. The number of morpholine rings is 1. The van der Waals surface area contributed by atoms with Crippen molar-refractivity contribution in [2.75, 3.05) is 46.4 Å². The standard InChI is InChI=1S/C11H23N3O2/c1-3-12-5-4-11(15)13-8-10-9-14(2)6-7-16-10/h10,12H,3-9H2,1-2H3,(H,13,15). The Balaban J connectivity index is 2.06. The number of hydrogen-bond acceptors (Lipinski definition) is 4. The minimum atomic E-state index is 0.0952. The van der Waals surface area contributed by atoms with Crippen molar-refractivity contribution in [3.05, 3.63) is 0 Å². The molecule has 94 valence electrons. The third kappa shape index (κ3) is 5.44. The lowest BCUT2D eigenvalue weighted by atomic mass is 10.2. The fourth-order valence-electron chi connectivity index (χ4n) is 1.69. The van der Waals surface area contributed by atoms with E-state index in [1.54, 1.807) is 0 Å². The highest BCUT2D eigenvalue weighted by molar-refractivity contribution is 5.76. The summed E-state index contributed by atoms with van der Waals surface area (Å²) >= 11 is 0. The van der Waals surface area contributed by atoms with Gasteiger partial charge in [-0.2, -0.15) is 0 Å². The van der Waals surface area contributed by atoms with Crippen LogP contribution >= 0.6 is 0 Å². The summed E-state index contributed by atoms with van der Waals surface area (Å²) in [5, 5.41) is 6.03. The van der Waals surface area contributed by atoms with E-state index in [4.69, 9.17) is 4.74 Å². The number of ether oxygens (including phenoxy) is 1. The zero-order valence-electron chi connectivity index (χ0n) is 10.3. The van der Waals surface area contributed by atoms with Gasteiger partial charge in [0, 0.05) is 32.6 Å². The van der Waals surface area contributed by atoms with Crippen LogP contribution in [0.2, 0.25) is 0 Å². The van der Waals surface area contributed by atoms with Gasteiger partial charge < -0.3 is 20.3 Å². The summed E-state index contributed by atoms with van der Waals surface area (Å²) in [5.41, 5.74) is 0. The highest BCUT2D eigenvalue weighted by atomic mass is 16.5. The molecule has 1 atom stereocenters. The van der Waals surface area contributed by atoms with E-state index >= 15 is 0 Å². The van der Waals surface area contributed by atoms with E-state index < -0.39 is 0 Å². The molecule has 0 aromatic carbocycles. The van der Waals surface area contributed by atoms with Gasteiger partial charge in [-0.25, -0.2) is 0 Å². The molecule has 1 amide bonds. The number of nitrogens with zero attached hydrogens (tertiary/aromatic N) is 1. The van der Waals surface area contributed by atoms with E-state index in [-0.39, 0.29) is 12.0 Å². The van der Waals surface area contributed by atoms with Crippen molar-refractivity contribution in [3.63, 3.8) is 0 Å². The zero-order chi connectivity index (χ0) is 11.8. The smallest absolute Gasteiger partial charge is 0.221 e. The summed E-state index contributed by atoms with van der Waals surface area (Å²) in [4.78, 5) is 13.6. The first-order chi connectivity index (χ1) is 7.72. The molecule has 0 spiro atoms. The van der Waals surface area contributed by atoms with E-state index in [9.17, 15) is 4.79 Å². The predicted molar refractivity (Wildman–Crippen MR) is 63.4 cm³/mol. The second-order valence-corrected chi connectivity index (χ2v) is 4.16. The van der Waals surface area contributed by atoms with Gasteiger partial charge in [-0.15, -0.1) is 0 Å². The predicted octanol–water partition coefficient (Wildman–Crippen LogP) is -0.567. The fourth-order valence-corrected chi connectivity index (χ4v) is 1.69. The van der Waals surface area contributed by atoms with Gasteiger partial charge in [-0.3, -0.25) is 4.79 Å². The number of likely N-dealkylation sites (N-methyl/N-ethyl adjacent to an activating group) is 1. The Hall–Kier alpha value is -0.650. The monoisotopic (exact) mass is 229 g/mol. The molecule has 1 rings (SSSR count). The van der Waals surface area contributed by atoms with Crippen molar-refractivity contribution in [2.24, 2.45) is 0 Å².